The number of pyridine rings is 2. The molecular weight excluding hydrogens is 667 g/mol. The van der Waals surface area contributed by atoms with Gasteiger partial charge in [0.15, 0.2) is 0 Å². The molecule has 2 aliphatic rings. The number of nitrogens with zero attached hydrogens (tertiary/aromatic N) is 5. The van der Waals surface area contributed by atoms with Gasteiger partial charge in [-0.1, -0.05) is 0 Å². The van der Waals surface area contributed by atoms with Crippen molar-refractivity contribution >= 4 is 54.4 Å². The standard InChI is InChI=1S/C20H32N4O3.C15H24N4O.2ClH/c1-19(2,3)22-16-9-8-14(12-21-16)17(25)24-11-10-15(13-24)23(7)18(26)27-20(4,5)6;1-15(2,3)18-13-6-5-11(9-17-13)14(20)19-8-7-12(10-19)16-4;;/h8-9,12,15H,10-11,13H2,1-7H3,(H,21,22);5-6,9,12,16H,7-8,10H2,1-4H3,(H,17,18);2*1H/t15-;12-;;/m00../s1. The van der Waals surface area contributed by atoms with Gasteiger partial charge in [-0.3, -0.25) is 9.59 Å². The Kier molecular flexibility index (Phi) is 16.1. The minimum Gasteiger partial charge on any atom is -0.444 e. The quantitative estimate of drug-likeness (QED) is 0.331. The molecule has 0 aromatic carbocycles. The van der Waals surface area contributed by atoms with E-state index < -0.39 is 5.60 Å². The van der Waals surface area contributed by atoms with E-state index in [4.69, 9.17) is 4.74 Å². The van der Waals surface area contributed by atoms with Crippen molar-refractivity contribution in [3.8, 4) is 0 Å². The second-order valence-electron chi connectivity index (χ2n) is 15.4. The summed E-state index contributed by atoms with van der Waals surface area (Å²) in [5, 5.41) is 9.78. The summed E-state index contributed by atoms with van der Waals surface area (Å²) in [6.07, 6.45) is 4.64. The summed E-state index contributed by atoms with van der Waals surface area (Å²) in [5.74, 6) is 1.54. The van der Waals surface area contributed by atoms with Crippen LogP contribution in [-0.2, 0) is 4.74 Å². The van der Waals surface area contributed by atoms with Crippen LogP contribution in [0.2, 0.25) is 0 Å². The molecule has 2 fully saturated rings. The van der Waals surface area contributed by atoms with Crippen molar-refractivity contribution in [3.05, 3.63) is 47.8 Å². The van der Waals surface area contributed by atoms with E-state index in [9.17, 15) is 14.4 Å². The number of halogens is 2. The zero-order valence-electron chi connectivity index (χ0n) is 31.0. The van der Waals surface area contributed by atoms with Gasteiger partial charge in [-0.2, -0.15) is 0 Å². The highest BCUT2D eigenvalue weighted by Gasteiger charge is 2.33. The minimum absolute atomic E-state index is 0. The van der Waals surface area contributed by atoms with Gasteiger partial charge in [-0.15, -0.1) is 24.8 Å². The van der Waals surface area contributed by atoms with Crippen molar-refractivity contribution in [2.75, 3.05) is 50.9 Å². The number of nitrogens with one attached hydrogen (secondary N) is 3. The second kappa shape index (κ2) is 18.1. The molecule has 2 aromatic rings. The normalized spacial score (nSPS) is 17.5. The van der Waals surface area contributed by atoms with Crippen molar-refractivity contribution in [1.82, 2.24) is 30.0 Å². The number of anilines is 2. The fourth-order valence-corrected chi connectivity index (χ4v) is 5.23. The third-order valence-corrected chi connectivity index (χ3v) is 7.59. The Balaban J connectivity index is 0.000000489. The topological polar surface area (TPSA) is 132 Å². The van der Waals surface area contributed by atoms with E-state index in [0.29, 0.717) is 30.3 Å². The Bertz CT molecular complexity index is 1360. The van der Waals surface area contributed by atoms with Crippen LogP contribution in [0.5, 0.6) is 0 Å². The van der Waals surface area contributed by atoms with Crippen molar-refractivity contribution in [2.24, 2.45) is 0 Å². The number of hydrogen-bond acceptors (Lipinski definition) is 9. The van der Waals surface area contributed by atoms with E-state index in [1.165, 1.54) is 0 Å². The molecule has 2 aliphatic heterocycles. The monoisotopic (exact) mass is 724 g/mol. The second-order valence-corrected chi connectivity index (χ2v) is 15.4. The predicted octanol–water partition coefficient (Wildman–Crippen LogP) is 5.94. The molecule has 2 saturated heterocycles. The molecule has 276 valence electrons. The van der Waals surface area contributed by atoms with Crippen molar-refractivity contribution in [2.45, 2.75) is 104 Å². The van der Waals surface area contributed by atoms with Gasteiger partial charge in [0.1, 0.15) is 17.2 Å². The van der Waals surface area contributed by atoms with Crippen LogP contribution in [-0.4, -0.2) is 112 Å². The van der Waals surface area contributed by atoms with Gasteiger partial charge in [-0.25, -0.2) is 14.8 Å². The summed E-state index contributed by atoms with van der Waals surface area (Å²) in [6.45, 7) is 20.6. The van der Waals surface area contributed by atoms with Crippen LogP contribution >= 0.6 is 24.8 Å². The van der Waals surface area contributed by atoms with Crippen LogP contribution in [0.25, 0.3) is 0 Å². The van der Waals surface area contributed by atoms with Gasteiger partial charge in [-0.05, 0) is 106 Å². The van der Waals surface area contributed by atoms with Gasteiger partial charge in [0.05, 0.1) is 17.2 Å². The summed E-state index contributed by atoms with van der Waals surface area (Å²) in [5.41, 5.74) is 0.547. The lowest BCUT2D eigenvalue weighted by molar-refractivity contribution is 0.0226. The Morgan fingerprint density at radius 1 is 0.755 bits per heavy atom. The van der Waals surface area contributed by atoms with Gasteiger partial charge >= 0.3 is 6.09 Å². The van der Waals surface area contributed by atoms with E-state index in [1.807, 2.05) is 50.9 Å². The zero-order valence-corrected chi connectivity index (χ0v) is 32.7. The van der Waals surface area contributed by atoms with Crippen molar-refractivity contribution in [1.29, 1.82) is 0 Å². The largest absolute Gasteiger partial charge is 0.444 e. The molecular formula is C35H58Cl2N8O4. The number of amides is 3. The van der Waals surface area contributed by atoms with Crippen LogP contribution in [0.15, 0.2) is 36.7 Å². The smallest absolute Gasteiger partial charge is 0.410 e. The first-order chi connectivity index (χ1) is 21.7. The lowest BCUT2D eigenvalue weighted by Gasteiger charge is -2.28. The summed E-state index contributed by atoms with van der Waals surface area (Å²) < 4.78 is 5.41. The molecule has 3 N–H and O–H groups in total. The Hall–Kier alpha value is -3.35. The number of carbonyl (C=O) groups excluding carboxylic acids is 3. The maximum absolute atomic E-state index is 12.7. The number of aromatic nitrogens is 2. The van der Waals surface area contributed by atoms with E-state index in [2.05, 4.69) is 67.5 Å². The fraction of sp³-hybridized carbons (Fsp3) is 0.629. The van der Waals surface area contributed by atoms with E-state index in [-0.39, 0.29) is 59.8 Å². The molecule has 0 aliphatic carbocycles. The number of hydrogen-bond donors (Lipinski definition) is 3. The summed E-state index contributed by atoms with van der Waals surface area (Å²) in [4.78, 5) is 51.2. The third-order valence-electron chi connectivity index (χ3n) is 7.59. The predicted molar refractivity (Wildman–Crippen MR) is 201 cm³/mol. The Morgan fingerprint density at radius 2 is 1.20 bits per heavy atom. The molecule has 0 spiro atoms. The molecule has 12 nitrogen and oxygen atoms in total. The summed E-state index contributed by atoms with van der Waals surface area (Å²) >= 11 is 0. The molecule has 0 saturated carbocycles. The highest BCUT2D eigenvalue weighted by Crippen LogP contribution is 2.21. The number of ether oxygens (including phenoxy) is 1. The minimum atomic E-state index is -0.534. The molecule has 49 heavy (non-hydrogen) atoms. The molecule has 2 atom stereocenters. The first kappa shape index (κ1) is 43.7. The van der Waals surface area contributed by atoms with E-state index >= 15 is 0 Å². The van der Waals surface area contributed by atoms with Gasteiger partial charge in [0.2, 0.25) is 0 Å². The van der Waals surface area contributed by atoms with Crippen LogP contribution in [0.4, 0.5) is 16.4 Å². The van der Waals surface area contributed by atoms with E-state index in [1.54, 1.807) is 35.3 Å². The molecule has 0 radical (unpaired) electrons. The van der Waals surface area contributed by atoms with Gasteiger partial charge in [0.25, 0.3) is 11.8 Å². The summed E-state index contributed by atoms with van der Waals surface area (Å²) in [7, 11) is 3.66. The molecule has 4 heterocycles. The first-order valence-electron chi connectivity index (χ1n) is 16.4. The van der Waals surface area contributed by atoms with Crippen molar-refractivity contribution < 1.29 is 19.1 Å². The molecule has 2 aromatic heterocycles. The zero-order chi connectivity index (χ0) is 35.2. The van der Waals surface area contributed by atoms with Crippen LogP contribution < -0.4 is 16.0 Å². The Labute approximate surface area is 305 Å². The maximum atomic E-state index is 12.7. The SMILES string of the molecule is CN(C(=O)OC(C)(C)C)[C@H]1CCN(C(=O)c2ccc(NC(C)(C)C)nc2)C1.CN[C@H]1CCN(C(=O)c2ccc(NC(C)(C)C)nc2)C1.Cl.Cl. The number of likely N-dealkylation sites (N-methyl/N-ethyl adjacent to an activating group) is 2. The van der Waals surface area contributed by atoms with Crippen LogP contribution in [0.3, 0.4) is 0 Å². The lowest BCUT2D eigenvalue weighted by atomic mass is 10.1. The fourth-order valence-electron chi connectivity index (χ4n) is 5.23. The lowest BCUT2D eigenvalue weighted by Crippen LogP contribution is -2.42. The maximum Gasteiger partial charge on any atom is 0.410 e. The molecule has 0 unspecified atom stereocenters. The van der Waals surface area contributed by atoms with Crippen LogP contribution in [0.1, 0.15) is 95.9 Å². The van der Waals surface area contributed by atoms with Gasteiger partial charge in [0, 0.05) is 62.7 Å². The molecule has 14 heteroatoms. The highest BCUT2D eigenvalue weighted by atomic mass is 35.5. The van der Waals surface area contributed by atoms with E-state index in [0.717, 1.165) is 37.6 Å². The van der Waals surface area contributed by atoms with Crippen LogP contribution in [0, 0.1) is 0 Å². The first-order valence-corrected chi connectivity index (χ1v) is 16.4. The third kappa shape index (κ3) is 14.2. The molecule has 4 rings (SSSR count). The van der Waals surface area contributed by atoms with Gasteiger partial charge < -0.3 is 35.4 Å². The number of rotatable bonds is 6. The highest BCUT2D eigenvalue weighted by molar-refractivity contribution is 5.95. The molecule has 3 amide bonds. The number of carbonyl (C=O) groups is 3. The summed E-state index contributed by atoms with van der Waals surface area (Å²) in [6, 6.07) is 7.68. The Morgan fingerprint density at radius 3 is 1.57 bits per heavy atom. The number of likely N-dealkylation sites (tertiary alicyclic amines) is 2. The molecule has 0 bridgehead atoms. The average molecular weight is 726 g/mol. The average Bonchev–Trinajstić information content (AvgIpc) is 3.65. The van der Waals surface area contributed by atoms with Crippen molar-refractivity contribution in [3.63, 3.8) is 0 Å².